The maximum Gasteiger partial charge on any atom is 0.269 e. The predicted molar refractivity (Wildman–Crippen MR) is 99.7 cm³/mol. The van der Waals surface area contributed by atoms with Crippen molar-refractivity contribution >= 4 is 41.0 Å². The number of aromatic nitrogens is 1. The Morgan fingerprint density at radius 3 is 2.57 bits per heavy atom. The summed E-state index contributed by atoms with van der Waals surface area (Å²) in [5, 5.41) is 2.85. The number of carbonyl (C=O) groups is 1. The van der Waals surface area contributed by atoms with Gasteiger partial charge in [0.15, 0.2) is 3.95 Å². The summed E-state index contributed by atoms with van der Waals surface area (Å²) < 4.78 is 2.48. The van der Waals surface area contributed by atoms with E-state index in [0.29, 0.717) is 21.2 Å². The second kappa shape index (κ2) is 8.24. The van der Waals surface area contributed by atoms with Gasteiger partial charge in [0.05, 0.1) is 0 Å². The predicted octanol–water partition coefficient (Wildman–Crippen LogP) is 3.46. The summed E-state index contributed by atoms with van der Waals surface area (Å²) in [5.41, 5.74) is 6.90. The SMILES string of the molecule is CCN(CC)CCn1c(N)c(C(=O)Nc2ccccc2)sc1=S. The number of likely N-dealkylation sites (N-methyl/N-ethyl adjacent to an activating group) is 1. The molecule has 1 aromatic carbocycles. The van der Waals surface area contributed by atoms with Crippen LogP contribution in [-0.2, 0) is 6.54 Å². The minimum Gasteiger partial charge on any atom is -0.384 e. The number of amides is 1. The van der Waals surface area contributed by atoms with Gasteiger partial charge in [0.25, 0.3) is 5.91 Å². The fourth-order valence-electron chi connectivity index (χ4n) is 2.28. The number of para-hydroxylation sites is 1. The summed E-state index contributed by atoms with van der Waals surface area (Å²) in [5.74, 6) is 0.229. The molecule has 124 valence electrons. The van der Waals surface area contributed by atoms with Gasteiger partial charge in [0, 0.05) is 18.8 Å². The van der Waals surface area contributed by atoms with Gasteiger partial charge >= 0.3 is 0 Å². The zero-order valence-electron chi connectivity index (χ0n) is 13.4. The summed E-state index contributed by atoms with van der Waals surface area (Å²) >= 11 is 6.63. The van der Waals surface area contributed by atoms with Gasteiger partial charge in [-0.3, -0.25) is 4.79 Å². The smallest absolute Gasteiger partial charge is 0.269 e. The number of nitrogens with two attached hydrogens (primary N) is 1. The molecule has 0 atom stereocenters. The lowest BCUT2D eigenvalue weighted by Crippen LogP contribution is -2.27. The molecule has 0 radical (unpaired) electrons. The van der Waals surface area contributed by atoms with Crippen LogP contribution in [0.5, 0.6) is 0 Å². The van der Waals surface area contributed by atoms with Crippen LogP contribution in [0, 0.1) is 3.95 Å². The zero-order valence-corrected chi connectivity index (χ0v) is 15.0. The van der Waals surface area contributed by atoms with Crippen LogP contribution in [0.15, 0.2) is 30.3 Å². The Balaban J connectivity index is 2.13. The molecule has 5 nitrogen and oxygen atoms in total. The van der Waals surface area contributed by atoms with E-state index in [1.807, 2.05) is 34.9 Å². The third-order valence-corrected chi connectivity index (χ3v) is 5.17. The Morgan fingerprint density at radius 2 is 1.96 bits per heavy atom. The van der Waals surface area contributed by atoms with Gasteiger partial charge in [-0.25, -0.2) is 0 Å². The number of anilines is 2. The number of hydrogen-bond donors (Lipinski definition) is 2. The van der Waals surface area contributed by atoms with E-state index >= 15 is 0 Å². The van der Waals surface area contributed by atoms with Crippen molar-refractivity contribution in [3.8, 4) is 0 Å². The molecule has 2 rings (SSSR count). The molecule has 0 aliphatic rings. The highest BCUT2D eigenvalue weighted by Crippen LogP contribution is 2.23. The van der Waals surface area contributed by atoms with Crippen molar-refractivity contribution in [1.82, 2.24) is 9.47 Å². The van der Waals surface area contributed by atoms with Crippen LogP contribution in [-0.4, -0.2) is 35.0 Å². The maximum atomic E-state index is 12.4. The van der Waals surface area contributed by atoms with Gasteiger partial charge in [0.2, 0.25) is 0 Å². The summed E-state index contributed by atoms with van der Waals surface area (Å²) in [4.78, 5) is 15.2. The number of benzene rings is 1. The molecule has 1 heterocycles. The normalized spacial score (nSPS) is 10.9. The fraction of sp³-hybridized carbons (Fsp3) is 0.375. The van der Waals surface area contributed by atoms with Crippen molar-refractivity contribution in [3.05, 3.63) is 39.2 Å². The van der Waals surface area contributed by atoms with Crippen LogP contribution < -0.4 is 11.1 Å². The lowest BCUT2D eigenvalue weighted by atomic mass is 10.3. The molecule has 0 bridgehead atoms. The third-order valence-electron chi connectivity index (χ3n) is 3.71. The van der Waals surface area contributed by atoms with Crippen molar-refractivity contribution in [1.29, 1.82) is 0 Å². The number of nitrogen functional groups attached to an aromatic ring is 1. The van der Waals surface area contributed by atoms with Gasteiger partial charge in [-0.15, -0.1) is 0 Å². The monoisotopic (exact) mass is 350 g/mol. The number of rotatable bonds is 7. The van der Waals surface area contributed by atoms with E-state index in [1.54, 1.807) is 0 Å². The molecule has 0 spiro atoms. The van der Waals surface area contributed by atoms with Gasteiger partial charge in [0.1, 0.15) is 10.7 Å². The molecule has 7 heteroatoms. The Hall–Kier alpha value is -1.70. The first-order valence-corrected chi connectivity index (χ1v) is 8.87. The van der Waals surface area contributed by atoms with Crippen LogP contribution >= 0.6 is 23.6 Å². The van der Waals surface area contributed by atoms with E-state index in [-0.39, 0.29) is 5.91 Å². The first-order valence-electron chi connectivity index (χ1n) is 7.64. The minimum absolute atomic E-state index is 0.216. The fourth-order valence-corrected chi connectivity index (χ4v) is 3.55. The van der Waals surface area contributed by atoms with E-state index in [4.69, 9.17) is 18.0 Å². The summed E-state index contributed by atoms with van der Waals surface area (Å²) in [6.45, 7) is 7.77. The van der Waals surface area contributed by atoms with Crippen molar-refractivity contribution in [2.45, 2.75) is 20.4 Å². The number of nitrogens with zero attached hydrogens (tertiary/aromatic N) is 2. The van der Waals surface area contributed by atoms with Crippen molar-refractivity contribution < 1.29 is 4.79 Å². The number of nitrogens with one attached hydrogen (secondary N) is 1. The maximum absolute atomic E-state index is 12.4. The minimum atomic E-state index is -0.216. The lowest BCUT2D eigenvalue weighted by molar-refractivity contribution is 0.103. The van der Waals surface area contributed by atoms with Crippen LogP contribution in [0.3, 0.4) is 0 Å². The van der Waals surface area contributed by atoms with Gasteiger partial charge in [-0.2, -0.15) is 0 Å². The van der Waals surface area contributed by atoms with E-state index < -0.39 is 0 Å². The van der Waals surface area contributed by atoms with Gasteiger partial charge in [-0.05, 0) is 37.4 Å². The number of carbonyl (C=O) groups excluding carboxylic acids is 1. The molecule has 3 N–H and O–H groups in total. The van der Waals surface area contributed by atoms with Crippen molar-refractivity contribution in [2.24, 2.45) is 0 Å². The zero-order chi connectivity index (χ0) is 16.8. The molecule has 1 aromatic heterocycles. The average Bonchev–Trinajstić information content (AvgIpc) is 2.84. The topological polar surface area (TPSA) is 63.3 Å². The second-order valence-electron chi connectivity index (χ2n) is 5.08. The van der Waals surface area contributed by atoms with Gasteiger partial charge in [-0.1, -0.05) is 43.4 Å². The highest BCUT2D eigenvalue weighted by molar-refractivity contribution is 7.73. The quantitative estimate of drug-likeness (QED) is 0.751. The standard InChI is InChI=1S/C16H22N4OS2/c1-3-19(4-2)10-11-20-14(17)13(23-16(20)22)15(21)18-12-8-6-5-7-9-12/h5-9H,3-4,10-11,17H2,1-2H3,(H,18,21). The lowest BCUT2D eigenvalue weighted by Gasteiger charge is -2.18. The Kier molecular flexibility index (Phi) is 6.32. The van der Waals surface area contributed by atoms with Crippen LogP contribution in [0.25, 0.3) is 0 Å². The number of thiazole rings is 1. The largest absolute Gasteiger partial charge is 0.384 e. The first-order chi connectivity index (χ1) is 11.1. The summed E-state index contributed by atoms with van der Waals surface area (Å²) in [6, 6.07) is 9.32. The summed E-state index contributed by atoms with van der Waals surface area (Å²) in [6.07, 6.45) is 0. The molecule has 0 unspecified atom stereocenters. The van der Waals surface area contributed by atoms with Crippen molar-refractivity contribution in [2.75, 3.05) is 30.7 Å². The average molecular weight is 351 g/mol. The number of hydrogen-bond acceptors (Lipinski definition) is 5. The molecule has 0 aliphatic carbocycles. The molecule has 0 fully saturated rings. The van der Waals surface area contributed by atoms with E-state index in [0.717, 1.165) is 25.3 Å². The third kappa shape index (κ3) is 4.40. The molecule has 0 saturated heterocycles. The van der Waals surface area contributed by atoms with Crippen LogP contribution in [0.1, 0.15) is 23.5 Å². The highest BCUT2D eigenvalue weighted by atomic mass is 32.1. The Morgan fingerprint density at radius 1 is 1.30 bits per heavy atom. The van der Waals surface area contributed by atoms with Gasteiger partial charge < -0.3 is 20.5 Å². The van der Waals surface area contributed by atoms with Crippen molar-refractivity contribution in [3.63, 3.8) is 0 Å². The van der Waals surface area contributed by atoms with E-state index in [2.05, 4.69) is 24.1 Å². The highest BCUT2D eigenvalue weighted by Gasteiger charge is 2.17. The van der Waals surface area contributed by atoms with E-state index in [1.165, 1.54) is 11.3 Å². The molecule has 23 heavy (non-hydrogen) atoms. The second-order valence-corrected chi connectivity index (χ2v) is 6.73. The Bertz CT molecular complexity index is 705. The molecule has 0 saturated carbocycles. The van der Waals surface area contributed by atoms with E-state index in [9.17, 15) is 4.79 Å². The molecular weight excluding hydrogens is 328 g/mol. The first kappa shape index (κ1) is 17.7. The van der Waals surface area contributed by atoms with Crippen LogP contribution in [0.2, 0.25) is 0 Å². The summed E-state index contributed by atoms with van der Waals surface area (Å²) in [7, 11) is 0. The molecular formula is C16H22N4OS2. The molecule has 0 aliphatic heterocycles. The van der Waals surface area contributed by atoms with Crippen LogP contribution in [0.4, 0.5) is 11.5 Å². The molecule has 2 aromatic rings. The Labute approximate surface area is 145 Å². The molecule has 1 amide bonds.